The van der Waals surface area contributed by atoms with Crippen LogP contribution in [0.1, 0.15) is 23.6 Å². The number of hydrogen-bond donors (Lipinski definition) is 1. The van der Waals surface area contributed by atoms with Crippen LogP contribution in [0.4, 0.5) is 5.69 Å². The van der Waals surface area contributed by atoms with Crippen molar-refractivity contribution in [2.45, 2.75) is 25.4 Å². The van der Waals surface area contributed by atoms with Gasteiger partial charge in [0.2, 0.25) is 5.91 Å². The molecule has 0 radical (unpaired) electrons. The lowest BCUT2D eigenvalue weighted by atomic mass is 9.92. The van der Waals surface area contributed by atoms with Crippen molar-refractivity contribution in [2.24, 2.45) is 0 Å². The number of carboxylic acid groups (broad SMARTS) is 1. The summed E-state index contributed by atoms with van der Waals surface area (Å²) in [6.45, 7) is 0.475. The Morgan fingerprint density at radius 1 is 1.36 bits per heavy atom. The fourth-order valence-corrected chi connectivity index (χ4v) is 3.02. The standard InChI is InChI=1S/C16H16N4O5/c21-14(6-7-18-10-12(9-17-18)20(24)25)19-8-5-11-3-1-2-4-13(11)15(19)16(22)23/h1-4,9-10,15H,5-8H2,(H,22,23). The summed E-state index contributed by atoms with van der Waals surface area (Å²) in [5, 5.41) is 24.0. The number of fused-ring (bicyclic) bond motifs is 1. The van der Waals surface area contributed by atoms with Crippen molar-refractivity contribution in [2.75, 3.05) is 6.54 Å². The zero-order chi connectivity index (χ0) is 18.0. The predicted octanol–water partition coefficient (Wildman–Crippen LogP) is 1.39. The van der Waals surface area contributed by atoms with E-state index in [0.29, 0.717) is 18.5 Å². The second-order valence-electron chi connectivity index (χ2n) is 5.75. The molecule has 1 aliphatic heterocycles. The number of carbonyl (C=O) groups is 2. The van der Waals surface area contributed by atoms with Gasteiger partial charge in [0.15, 0.2) is 6.04 Å². The first-order valence-electron chi connectivity index (χ1n) is 7.74. The van der Waals surface area contributed by atoms with Crippen molar-refractivity contribution in [3.63, 3.8) is 0 Å². The predicted molar refractivity (Wildman–Crippen MR) is 85.7 cm³/mol. The van der Waals surface area contributed by atoms with Crippen LogP contribution >= 0.6 is 0 Å². The third-order valence-electron chi connectivity index (χ3n) is 4.22. The highest BCUT2D eigenvalue weighted by molar-refractivity contribution is 5.85. The van der Waals surface area contributed by atoms with E-state index >= 15 is 0 Å². The number of aliphatic carboxylic acids is 1. The molecule has 0 fully saturated rings. The van der Waals surface area contributed by atoms with Crippen molar-refractivity contribution in [3.05, 3.63) is 57.9 Å². The Balaban J connectivity index is 1.72. The molecular formula is C16H16N4O5. The molecule has 1 aliphatic rings. The normalized spacial score (nSPS) is 16.3. The minimum absolute atomic E-state index is 0.0186. The number of aryl methyl sites for hydroxylation is 1. The van der Waals surface area contributed by atoms with Crippen molar-refractivity contribution < 1.29 is 19.6 Å². The fourth-order valence-electron chi connectivity index (χ4n) is 3.02. The van der Waals surface area contributed by atoms with Gasteiger partial charge in [0.05, 0.1) is 4.92 Å². The van der Waals surface area contributed by atoms with Gasteiger partial charge in [-0.3, -0.25) is 19.6 Å². The van der Waals surface area contributed by atoms with Gasteiger partial charge in [-0.05, 0) is 17.5 Å². The highest BCUT2D eigenvalue weighted by Gasteiger charge is 2.35. The van der Waals surface area contributed by atoms with Crippen LogP contribution in [0.2, 0.25) is 0 Å². The maximum atomic E-state index is 12.5. The smallest absolute Gasteiger partial charge is 0.331 e. The number of nitrogens with zero attached hydrogens (tertiary/aromatic N) is 4. The number of carbonyl (C=O) groups excluding carboxylic acids is 1. The summed E-state index contributed by atoms with van der Waals surface area (Å²) < 4.78 is 1.31. The van der Waals surface area contributed by atoms with Gasteiger partial charge in [-0.1, -0.05) is 24.3 Å². The summed E-state index contributed by atoms with van der Waals surface area (Å²) in [4.78, 5) is 35.7. The molecule has 0 saturated carbocycles. The molecule has 130 valence electrons. The highest BCUT2D eigenvalue weighted by atomic mass is 16.6. The van der Waals surface area contributed by atoms with Crippen molar-refractivity contribution >= 4 is 17.6 Å². The van der Waals surface area contributed by atoms with Crippen LogP contribution in [0.3, 0.4) is 0 Å². The van der Waals surface area contributed by atoms with E-state index in [1.165, 1.54) is 15.8 Å². The minimum Gasteiger partial charge on any atom is -0.479 e. The third-order valence-corrected chi connectivity index (χ3v) is 4.22. The van der Waals surface area contributed by atoms with Crippen LogP contribution in [0.5, 0.6) is 0 Å². The molecule has 2 heterocycles. The maximum Gasteiger partial charge on any atom is 0.331 e. The van der Waals surface area contributed by atoms with Crippen LogP contribution < -0.4 is 0 Å². The number of hydrogen-bond acceptors (Lipinski definition) is 5. The van der Waals surface area contributed by atoms with Gasteiger partial charge in [-0.25, -0.2) is 4.79 Å². The summed E-state index contributed by atoms with van der Waals surface area (Å²) >= 11 is 0. The molecule has 2 aromatic rings. The molecule has 0 aliphatic carbocycles. The first-order chi connectivity index (χ1) is 12.0. The van der Waals surface area contributed by atoms with E-state index in [1.807, 2.05) is 12.1 Å². The average molecular weight is 344 g/mol. The number of carboxylic acids is 1. The number of rotatable bonds is 5. The number of amides is 1. The molecule has 1 atom stereocenters. The maximum absolute atomic E-state index is 12.5. The van der Waals surface area contributed by atoms with Gasteiger partial charge < -0.3 is 10.0 Å². The van der Waals surface area contributed by atoms with E-state index in [0.717, 1.165) is 11.8 Å². The van der Waals surface area contributed by atoms with Crippen LogP contribution in [0.25, 0.3) is 0 Å². The average Bonchev–Trinajstić information content (AvgIpc) is 3.07. The topological polar surface area (TPSA) is 119 Å². The molecule has 1 N–H and O–H groups in total. The van der Waals surface area contributed by atoms with Gasteiger partial charge in [0.1, 0.15) is 12.4 Å². The summed E-state index contributed by atoms with van der Waals surface area (Å²) in [5.41, 5.74) is 1.41. The molecule has 1 amide bonds. The molecular weight excluding hydrogens is 328 g/mol. The summed E-state index contributed by atoms with van der Waals surface area (Å²) in [7, 11) is 0. The van der Waals surface area contributed by atoms with Crippen molar-refractivity contribution in [1.82, 2.24) is 14.7 Å². The molecule has 9 heteroatoms. The van der Waals surface area contributed by atoms with Gasteiger partial charge in [0.25, 0.3) is 0 Å². The molecule has 25 heavy (non-hydrogen) atoms. The molecule has 1 aromatic heterocycles. The molecule has 0 spiro atoms. The van der Waals surface area contributed by atoms with Crippen LogP contribution in [0.15, 0.2) is 36.7 Å². The summed E-state index contributed by atoms with van der Waals surface area (Å²) in [6, 6.07) is 6.19. The first kappa shape index (κ1) is 16.6. The number of nitro groups is 1. The molecule has 1 unspecified atom stereocenters. The Bertz CT molecular complexity index is 831. The van der Waals surface area contributed by atoms with Gasteiger partial charge in [-0.2, -0.15) is 5.10 Å². The Kier molecular flexibility index (Phi) is 4.46. The Morgan fingerprint density at radius 2 is 2.12 bits per heavy atom. The quantitative estimate of drug-likeness (QED) is 0.647. The highest BCUT2D eigenvalue weighted by Crippen LogP contribution is 2.30. The summed E-state index contributed by atoms with van der Waals surface area (Å²) in [5.74, 6) is -1.39. The van der Waals surface area contributed by atoms with Gasteiger partial charge in [0, 0.05) is 19.5 Å². The van der Waals surface area contributed by atoms with Crippen molar-refractivity contribution in [1.29, 1.82) is 0 Å². The fraction of sp³-hybridized carbons (Fsp3) is 0.312. The lowest BCUT2D eigenvalue weighted by Crippen LogP contribution is -2.43. The first-order valence-corrected chi connectivity index (χ1v) is 7.74. The molecule has 9 nitrogen and oxygen atoms in total. The zero-order valence-electron chi connectivity index (χ0n) is 13.2. The van der Waals surface area contributed by atoms with Gasteiger partial charge in [-0.15, -0.1) is 0 Å². The Hall–Kier alpha value is -3.23. The lowest BCUT2D eigenvalue weighted by molar-refractivity contribution is -0.385. The monoisotopic (exact) mass is 344 g/mol. The Labute approximate surface area is 142 Å². The molecule has 0 saturated heterocycles. The minimum atomic E-state index is -1.07. The molecule has 3 rings (SSSR count). The molecule has 0 bridgehead atoms. The van der Waals surface area contributed by atoms with E-state index in [2.05, 4.69) is 5.10 Å². The van der Waals surface area contributed by atoms with Crippen LogP contribution in [0, 0.1) is 10.1 Å². The largest absolute Gasteiger partial charge is 0.479 e. The van der Waals surface area contributed by atoms with Crippen LogP contribution in [-0.4, -0.2) is 43.1 Å². The second-order valence-corrected chi connectivity index (χ2v) is 5.75. The van der Waals surface area contributed by atoms with E-state index < -0.39 is 16.9 Å². The third kappa shape index (κ3) is 3.35. The SMILES string of the molecule is O=C(O)C1c2ccccc2CCN1C(=O)CCn1cc([N+](=O)[O-])cn1. The Morgan fingerprint density at radius 3 is 2.80 bits per heavy atom. The second kappa shape index (κ2) is 6.71. The number of benzene rings is 1. The van der Waals surface area contributed by atoms with Crippen LogP contribution in [-0.2, 0) is 22.6 Å². The van der Waals surface area contributed by atoms with E-state index in [4.69, 9.17) is 0 Å². The lowest BCUT2D eigenvalue weighted by Gasteiger charge is -2.34. The molecule has 1 aromatic carbocycles. The van der Waals surface area contributed by atoms with E-state index in [1.54, 1.807) is 12.1 Å². The van der Waals surface area contributed by atoms with E-state index in [9.17, 15) is 24.8 Å². The number of aromatic nitrogens is 2. The van der Waals surface area contributed by atoms with E-state index in [-0.39, 0.29) is 24.6 Å². The summed E-state index contributed by atoms with van der Waals surface area (Å²) in [6.07, 6.45) is 2.97. The van der Waals surface area contributed by atoms with Gasteiger partial charge >= 0.3 is 11.7 Å². The van der Waals surface area contributed by atoms with Crippen molar-refractivity contribution in [3.8, 4) is 0 Å². The zero-order valence-corrected chi connectivity index (χ0v) is 13.2.